The summed E-state index contributed by atoms with van der Waals surface area (Å²) < 4.78 is 0. The lowest BCUT2D eigenvalue weighted by atomic mass is 10.1. The van der Waals surface area contributed by atoms with E-state index < -0.39 is 5.97 Å². The van der Waals surface area contributed by atoms with Crippen LogP contribution in [0.25, 0.3) is 0 Å². The molecule has 0 heterocycles. The Bertz CT molecular complexity index is 433. The fraction of sp³-hybridized carbons (Fsp3) is 0.462. The molecule has 2 unspecified atom stereocenters. The van der Waals surface area contributed by atoms with Gasteiger partial charge in [0.2, 0.25) is 0 Å². The Morgan fingerprint density at radius 1 is 1.47 bits per heavy atom. The Hall–Kier alpha value is -1.22. The molecule has 0 bridgehead atoms. The van der Waals surface area contributed by atoms with Crippen molar-refractivity contribution >= 4 is 23.3 Å². The maximum absolute atomic E-state index is 11.1. The molecule has 0 radical (unpaired) electrons. The van der Waals surface area contributed by atoms with Crippen molar-refractivity contribution in [2.24, 2.45) is 5.92 Å². The van der Waals surface area contributed by atoms with Crippen LogP contribution in [0.1, 0.15) is 36.5 Å². The first kappa shape index (κ1) is 12.2. The number of carboxylic acids is 1. The molecule has 2 atom stereocenters. The molecule has 1 aliphatic carbocycles. The first-order valence-corrected chi connectivity index (χ1v) is 6.25. The van der Waals surface area contributed by atoms with Crippen LogP contribution in [0.3, 0.4) is 0 Å². The minimum absolute atomic E-state index is 0.247. The van der Waals surface area contributed by atoms with E-state index in [1.165, 1.54) is 18.9 Å². The minimum Gasteiger partial charge on any atom is -0.478 e. The smallest absolute Gasteiger partial charge is 0.337 e. The van der Waals surface area contributed by atoms with Gasteiger partial charge in [0.1, 0.15) is 0 Å². The molecule has 4 heteroatoms. The molecule has 17 heavy (non-hydrogen) atoms. The average molecular weight is 254 g/mol. The molecule has 3 nitrogen and oxygen atoms in total. The summed E-state index contributed by atoms with van der Waals surface area (Å²) in [4.78, 5) is 11.1. The van der Waals surface area contributed by atoms with Crippen LogP contribution >= 0.6 is 11.6 Å². The van der Waals surface area contributed by atoms with Crippen LogP contribution in [-0.2, 0) is 0 Å². The highest BCUT2D eigenvalue weighted by Gasteiger charge is 2.24. The van der Waals surface area contributed by atoms with Crippen molar-refractivity contribution < 1.29 is 9.90 Å². The number of carboxylic acid groups (broad SMARTS) is 1. The fourth-order valence-corrected chi connectivity index (χ4v) is 2.55. The molecule has 1 fully saturated rings. The predicted octanol–water partition coefficient (Wildman–Crippen LogP) is 3.64. The largest absolute Gasteiger partial charge is 0.478 e. The summed E-state index contributed by atoms with van der Waals surface area (Å²) in [5.74, 6) is -0.354. The van der Waals surface area contributed by atoms with Crippen LogP contribution in [-0.4, -0.2) is 17.1 Å². The molecule has 0 saturated heterocycles. The van der Waals surface area contributed by atoms with Crippen molar-refractivity contribution in [2.75, 3.05) is 5.32 Å². The van der Waals surface area contributed by atoms with Crippen molar-refractivity contribution in [2.45, 2.75) is 32.2 Å². The second kappa shape index (κ2) is 4.96. The Kier molecular flexibility index (Phi) is 3.57. The van der Waals surface area contributed by atoms with Gasteiger partial charge in [-0.3, -0.25) is 0 Å². The van der Waals surface area contributed by atoms with E-state index in [1.807, 2.05) is 0 Å². The number of hydrogen-bond donors (Lipinski definition) is 2. The quantitative estimate of drug-likeness (QED) is 0.865. The first-order valence-electron chi connectivity index (χ1n) is 5.87. The Morgan fingerprint density at radius 3 is 2.82 bits per heavy atom. The maximum atomic E-state index is 11.1. The summed E-state index contributed by atoms with van der Waals surface area (Å²) >= 11 is 5.82. The van der Waals surface area contributed by atoms with E-state index in [2.05, 4.69) is 12.2 Å². The summed E-state index contributed by atoms with van der Waals surface area (Å²) in [5, 5.41) is 12.9. The number of anilines is 1. The van der Waals surface area contributed by atoms with Gasteiger partial charge in [0.15, 0.2) is 0 Å². The van der Waals surface area contributed by atoms with Gasteiger partial charge in [0.25, 0.3) is 0 Å². The van der Waals surface area contributed by atoms with Crippen molar-refractivity contribution in [3.05, 3.63) is 28.8 Å². The minimum atomic E-state index is -0.944. The summed E-state index contributed by atoms with van der Waals surface area (Å²) in [7, 11) is 0. The lowest BCUT2D eigenvalue weighted by Crippen LogP contribution is -2.23. The van der Waals surface area contributed by atoms with Crippen LogP contribution in [0.5, 0.6) is 0 Å². The zero-order valence-electron chi connectivity index (χ0n) is 9.74. The number of carbonyl (C=O) groups is 1. The summed E-state index contributed by atoms with van der Waals surface area (Å²) in [6.07, 6.45) is 3.51. The number of aromatic carboxylic acids is 1. The monoisotopic (exact) mass is 253 g/mol. The third kappa shape index (κ3) is 2.72. The molecule has 0 aliphatic heterocycles. The van der Waals surface area contributed by atoms with E-state index in [9.17, 15) is 4.79 Å². The normalized spacial score (nSPS) is 23.6. The van der Waals surface area contributed by atoms with Gasteiger partial charge in [0, 0.05) is 16.8 Å². The second-order valence-electron chi connectivity index (χ2n) is 4.65. The van der Waals surface area contributed by atoms with E-state index in [1.54, 1.807) is 12.1 Å². The highest BCUT2D eigenvalue weighted by Crippen LogP contribution is 2.30. The molecule has 92 valence electrons. The predicted molar refractivity (Wildman–Crippen MR) is 68.8 cm³/mol. The average Bonchev–Trinajstić information content (AvgIpc) is 2.67. The fourth-order valence-electron chi connectivity index (χ4n) is 2.38. The number of rotatable bonds is 3. The van der Waals surface area contributed by atoms with Gasteiger partial charge in [-0.25, -0.2) is 4.79 Å². The number of halogens is 1. The van der Waals surface area contributed by atoms with Crippen LogP contribution in [0.2, 0.25) is 5.02 Å². The highest BCUT2D eigenvalue weighted by atomic mass is 35.5. The van der Waals surface area contributed by atoms with Crippen LogP contribution in [0.4, 0.5) is 5.69 Å². The van der Waals surface area contributed by atoms with Gasteiger partial charge >= 0.3 is 5.97 Å². The topological polar surface area (TPSA) is 49.3 Å². The van der Waals surface area contributed by atoms with Crippen LogP contribution in [0.15, 0.2) is 18.2 Å². The molecule has 1 aromatic carbocycles. The molecule has 2 rings (SSSR count). The molecule has 2 N–H and O–H groups in total. The maximum Gasteiger partial charge on any atom is 0.337 e. The summed E-state index contributed by atoms with van der Waals surface area (Å²) in [6.45, 7) is 2.20. The first-order chi connectivity index (χ1) is 8.08. The Balaban J connectivity index is 2.22. The molecule has 1 saturated carbocycles. The van der Waals surface area contributed by atoms with Crippen LogP contribution < -0.4 is 5.32 Å². The standard InChI is InChI=1S/C13H16ClNO2/c1-8-3-2-4-11(8)15-12-6-5-9(14)7-10(12)13(16)17/h5-8,11,15H,2-4H2,1H3,(H,16,17). The highest BCUT2D eigenvalue weighted by molar-refractivity contribution is 6.31. The lowest BCUT2D eigenvalue weighted by Gasteiger charge is -2.20. The van der Waals surface area contributed by atoms with E-state index in [-0.39, 0.29) is 5.56 Å². The van der Waals surface area contributed by atoms with E-state index in [0.29, 0.717) is 22.7 Å². The van der Waals surface area contributed by atoms with Gasteiger partial charge in [-0.15, -0.1) is 0 Å². The Morgan fingerprint density at radius 2 is 2.24 bits per heavy atom. The molecular weight excluding hydrogens is 238 g/mol. The van der Waals surface area contributed by atoms with Crippen molar-refractivity contribution in [3.8, 4) is 0 Å². The molecule has 0 spiro atoms. The van der Waals surface area contributed by atoms with Crippen molar-refractivity contribution in [1.29, 1.82) is 0 Å². The molecular formula is C13H16ClNO2. The van der Waals surface area contributed by atoms with Gasteiger partial charge in [-0.05, 0) is 37.0 Å². The zero-order valence-corrected chi connectivity index (χ0v) is 10.5. The van der Waals surface area contributed by atoms with E-state index in [4.69, 9.17) is 16.7 Å². The molecule has 0 amide bonds. The van der Waals surface area contributed by atoms with Gasteiger partial charge < -0.3 is 10.4 Å². The lowest BCUT2D eigenvalue weighted by molar-refractivity contribution is 0.0698. The van der Waals surface area contributed by atoms with Crippen LogP contribution in [0, 0.1) is 5.92 Å². The Labute approximate surface area is 106 Å². The van der Waals surface area contributed by atoms with E-state index >= 15 is 0 Å². The van der Waals surface area contributed by atoms with Gasteiger partial charge in [-0.1, -0.05) is 24.9 Å². The summed E-state index contributed by atoms with van der Waals surface area (Å²) in [6, 6.07) is 5.33. The van der Waals surface area contributed by atoms with Crippen molar-refractivity contribution in [3.63, 3.8) is 0 Å². The number of benzene rings is 1. The molecule has 0 aromatic heterocycles. The van der Waals surface area contributed by atoms with E-state index in [0.717, 1.165) is 6.42 Å². The van der Waals surface area contributed by atoms with Crippen molar-refractivity contribution in [1.82, 2.24) is 0 Å². The number of hydrogen-bond acceptors (Lipinski definition) is 2. The molecule has 1 aromatic rings. The third-order valence-electron chi connectivity index (χ3n) is 3.41. The summed E-state index contributed by atoms with van der Waals surface area (Å²) in [5.41, 5.74) is 0.914. The zero-order chi connectivity index (χ0) is 12.4. The third-order valence-corrected chi connectivity index (χ3v) is 3.65. The molecule has 1 aliphatic rings. The second-order valence-corrected chi connectivity index (χ2v) is 5.09. The number of nitrogens with one attached hydrogen (secondary N) is 1. The SMILES string of the molecule is CC1CCCC1Nc1ccc(Cl)cc1C(=O)O. The van der Waals surface area contributed by atoms with Gasteiger partial charge in [0.05, 0.1) is 5.56 Å². The van der Waals surface area contributed by atoms with Gasteiger partial charge in [-0.2, -0.15) is 0 Å².